The number of rotatable bonds is 6. The highest BCUT2D eigenvalue weighted by Crippen LogP contribution is 2.46. The highest BCUT2D eigenvalue weighted by Gasteiger charge is 2.70. The molecule has 4 aromatic rings. The number of fused-ring (bicyclic) bond motifs is 4. The maximum atomic E-state index is 15.7. The molecule has 2 aromatic carbocycles. The second-order valence-corrected chi connectivity index (χ2v) is 8.16. The molecule has 0 atom stereocenters. The zero-order valence-corrected chi connectivity index (χ0v) is 18.1. The molecule has 5 rings (SSSR count). The molecule has 184 valence electrons. The highest BCUT2D eigenvalue weighted by molar-refractivity contribution is 6.42. The van der Waals surface area contributed by atoms with Gasteiger partial charge in [-0.3, -0.25) is 8.79 Å². The van der Waals surface area contributed by atoms with Crippen LogP contribution >= 0.6 is 0 Å². The molecule has 1 aliphatic rings. The fraction of sp³-hybridized carbons (Fsp3) is 0.174. The van der Waals surface area contributed by atoms with Crippen molar-refractivity contribution in [3.8, 4) is 0 Å². The minimum Gasteiger partial charge on any atom is -0.455 e. The third kappa shape index (κ3) is 3.29. The van der Waals surface area contributed by atoms with Gasteiger partial charge in [-0.25, -0.2) is 9.27 Å². The minimum atomic E-state index is -5.87. The van der Waals surface area contributed by atoms with Crippen molar-refractivity contribution >= 4 is 40.7 Å². The Balaban J connectivity index is 1.47. The molecule has 0 bridgehead atoms. The van der Waals surface area contributed by atoms with Gasteiger partial charge in [0.05, 0.1) is 17.1 Å². The molecule has 1 aliphatic heterocycles. The van der Waals surface area contributed by atoms with Gasteiger partial charge in [-0.15, -0.1) is 0 Å². The van der Waals surface area contributed by atoms with Crippen LogP contribution in [0.15, 0.2) is 72.4 Å². The van der Waals surface area contributed by atoms with E-state index in [1.165, 1.54) is 10.5 Å². The van der Waals surface area contributed by atoms with Gasteiger partial charge in [0, 0.05) is 17.0 Å². The van der Waals surface area contributed by atoms with Crippen molar-refractivity contribution in [3.05, 3.63) is 78.4 Å². The van der Waals surface area contributed by atoms with E-state index in [0.29, 0.717) is 16.4 Å². The van der Waals surface area contributed by atoms with Crippen LogP contribution < -0.4 is 9.97 Å². The quantitative estimate of drug-likeness (QED) is 0.165. The van der Waals surface area contributed by atoms with Crippen molar-refractivity contribution in [3.63, 3.8) is 0 Å². The first-order valence-electron chi connectivity index (χ1n) is 10.4. The van der Waals surface area contributed by atoms with E-state index in [1.807, 2.05) is 12.1 Å². The summed E-state index contributed by atoms with van der Waals surface area (Å²) in [5.74, 6) is -18.0. The first-order valence-corrected chi connectivity index (χ1v) is 10.4. The van der Waals surface area contributed by atoms with E-state index in [1.54, 1.807) is 24.3 Å². The fourth-order valence-corrected chi connectivity index (χ4v) is 4.11. The zero-order chi connectivity index (χ0) is 26.0. The molecule has 0 N–H and O–H groups in total. The lowest BCUT2D eigenvalue weighted by atomic mass is 10.0. The Morgan fingerprint density at radius 1 is 1.08 bits per heavy atom. The average Bonchev–Trinajstić information content (AvgIpc) is 3.18. The summed E-state index contributed by atoms with van der Waals surface area (Å²) in [5.41, 5.74) is 0.365. The average molecular weight is 508 g/mol. The smallest absolute Gasteiger partial charge is 0.455 e. The van der Waals surface area contributed by atoms with Gasteiger partial charge in [0.1, 0.15) is 0 Å². The van der Waals surface area contributed by atoms with Crippen LogP contribution in [0, 0.1) is 0 Å². The normalized spacial score (nSPS) is 13.9. The number of allylic oxidation sites excluding steroid dienone is 1. The second-order valence-electron chi connectivity index (χ2n) is 8.16. The lowest BCUT2D eigenvalue weighted by molar-refractivity contribution is -0.536. The van der Waals surface area contributed by atoms with Crippen LogP contribution in [-0.4, -0.2) is 42.1 Å². The summed E-state index contributed by atoms with van der Waals surface area (Å²) in [6.45, 7) is 0.0889. The summed E-state index contributed by atoms with van der Waals surface area (Å²) in [5, 5.41) is 2.32. The van der Waals surface area contributed by atoms with Crippen LogP contribution in [0.2, 0.25) is 0 Å². The third-order valence-electron chi connectivity index (χ3n) is 5.98. The number of ether oxygens (including phenoxy) is 1. The van der Waals surface area contributed by atoms with Crippen LogP contribution in [0.3, 0.4) is 0 Å². The first kappa shape index (κ1) is 23.8. The van der Waals surface area contributed by atoms with Crippen LogP contribution in [0.4, 0.5) is 36.5 Å². The Morgan fingerprint density at radius 2 is 1.78 bits per heavy atom. The highest BCUT2D eigenvalue weighted by atomic mass is 19.3. The van der Waals surface area contributed by atoms with Crippen molar-refractivity contribution in [1.82, 2.24) is 4.48 Å². The summed E-state index contributed by atoms with van der Waals surface area (Å²) in [7, 11) is -1.91. The number of hydrogen-bond acceptors (Lipinski definition) is 3. The Bertz CT molecular complexity index is 1600. The number of benzene rings is 2. The largest absolute Gasteiger partial charge is 0.727 e. The standard InChI is InChI=1S/C23H14BF7N3O2/c1-2-21(25,26)23(29,30)22(27,28)12-36-20(35)14-9-10-17-32-19-15-7-3-5-13-6-4-8-16(18(13)15)34(19)24(31)33(17)11-14/h2-11H,1,12H2/q+1. The molecule has 0 spiro atoms. The number of nitrogens with zero attached hydrogens (tertiary/aromatic N) is 3. The maximum Gasteiger partial charge on any atom is 0.727 e. The van der Waals surface area contributed by atoms with Crippen molar-refractivity contribution in [2.45, 2.75) is 17.8 Å². The van der Waals surface area contributed by atoms with Crippen molar-refractivity contribution in [2.75, 3.05) is 6.61 Å². The van der Waals surface area contributed by atoms with Gasteiger partial charge < -0.3 is 4.74 Å². The van der Waals surface area contributed by atoms with E-state index >= 15 is 4.32 Å². The molecule has 3 heterocycles. The molecular weight excluding hydrogens is 494 g/mol. The molecule has 5 nitrogen and oxygen atoms in total. The molecule has 36 heavy (non-hydrogen) atoms. The number of hydrogen-bond donors (Lipinski definition) is 0. The lowest BCUT2D eigenvalue weighted by Crippen LogP contribution is -2.59. The summed E-state index contributed by atoms with van der Waals surface area (Å²) >= 11 is 0. The zero-order valence-electron chi connectivity index (χ0n) is 18.1. The summed E-state index contributed by atoms with van der Waals surface area (Å²) in [4.78, 5) is 16.8. The van der Waals surface area contributed by atoms with Crippen molar-refractivity contribution in [2.24, 2.45) is 4.99 Å². The maximum absolute atomic E-state index is 15.7. The van der Waals surface area contributed by atoms with E-state index in [9.17, 15) is 31.1 Å². The number of carbonyl (C=O) groups is 1. The Labute approximate surface area is 198 Å². The molecule has 2 aromatic heterocycles. The molecular formula is C23H14BF7N3O2+. The van der Waals surface area contributed by atoms with Gasteiger partial charge in [0.15, 0.2) is 6.61 Å². The van der Waals surface area contributed by atoms with Gasteiger partial charge in [0.2, 0.25) is 5.49 Å². The molecule has 0 aliphatic carbocycles. The minimum absolute atomic E-state index is 0.0811. The van der Waals surface area contributed by atoms with Crippen LogP contribution in [-0.2, 0) is 4.74 Å². The van der Waals surface area contributed by atoms with E-state index in [0.717, 1.165) is 27.5 Å². The fourth-order valence-electron chi connectivity index (χ4n) is 4.11. The van der Waals surface area contributed by atoms with E-state index in [4.69, 9.17) is 0 Å². The number of halogens is 7. The number of aromatic nitrogens is 2. The number of alkyl halides is 6. The summed E-state index contributed by atoms with van der Waals surface area (Å²) in [6.07, 6.45) is 0.302. The van der Waals surface area contributed by atoms with E-state index < -0.39 is 49.2 Å². The van der Waals surface area contributed by atoms with Gasteiger partial charge in [0.25, 0.3) is 0 Å². The van der Waals surface area contributed by atoms with Crippen LogP contribution in [0.5, 0.6) is 0 Å². The number of carbonyl (C=O) groups excluding carboxylic acids is 1. The predicted molar refractivity (Wildman–Crippen MR) is 115 cm³/mol. The second kappa shape index (κ2) is 7.80. The van der Waals surface area contributed by atoms with E-state index in [-0.39, 0.29) is 5.82 Å². The molecule has 0 saturated carbocycles. The Morgan fingerprint density at radius 3 is 2.47 bits per heavy atom. The van der Waals surface area contributed by atoms with Crippen molar-refractivity contribution < 1.29 is 44.7 Å². The number of esters is 1. The molecule has 0 radical (unpaired) electrons. The van der Waals surface area contributed by atoms with Gasteiger partial charge in [-0.1, -0.05) is 30.8 Å². The number of pyridine rings is 1. The lowest BCUT2D eigenvalue weighted by Gasteiger charge is -2.30. The molecule has 13 heteroatoms. The van der Waals surface area contributed by atoms with Gasteiger partial charge in [-0.2, -0.15) is 26.3 Å². The SMILES string of the molecule is C=CC(F)(F)C(F)(F)C(F)(F)COC(=O)c1ccc2[n+](c1)B(F)n1c(c3cccc4cccc1c43)=N2. The monoisotopic (exact) mass is 508 g/mol. The van der Waals surface area contributed by atoms with E-state index in [2.05, 4.69) is 16.3 Å². The molecule has 0 unspecified atom stereocenters. The van der Waals surface area contributed by atoms with Gasteiger partial charge in [-0.05, 0) is 34.7 Å². The van der Waals surface area contributed by atoms with Crippen molar-refractivity contribution in [1.29, 1.82) is 0 Å². The third-order valence-corrected chi connectivity index (χ3v) is 5.98. The first-order chi connectivity index (χ1) is 16.9. The summed E-state index contributed by atoms with van der Waals surface area (Å²) < 4.78 is 103. The molecule has 0 fully saturated rings. The van der Waals surface area contributed by atoms with Crippen LogP contribution in [0.1, 0.15) is 10.4 Å². The summed E-state index contributed by atoms with van der Waals surface area (Å²) in [6, 6.07) is 13.0. The van der Waals surface area contributed by atoms with Crippen LogP contribution in [0.25, 0.3) is 21.7 Å². The molecule has 0 saturated heterocycles. The Hall–Kier alpha value is -3.90. The Kier molecular flexibility index (Phi) is 5.17. The predicted octanol–water partition coefficient (Wildman–Crippen LogP) is 4.67. The topological polar surface area (TPSA) is 47.5 Å². The van der Waals surface area contributed by atoms with Gasteiger partial charge >= 0.3 is 36.8 Å². The molecule has 0 amide bonds.